The summed E-state index contributed by atoms with van der Waals surface area (Å²) >= 11 is 5.66. The van der Waals surface area contributed by atoms with Gasteiger partial charge in [0.2, 0.25) is 0 Å². The normalized spacial score (nSPS) is 10.1. The second-order valence-corrected chi connectivity index (χ2v) is 3.04. The third-order valence-electron chi connectivity index (χ3n) is 1.79. The zero-order valence-electron chi connectivity index (χ0n) is 7.07. The van der Waals surface area contributed by atoms with Crippen molar-refractivity contribution in [2.45, 2.75) is 0 Å². The molecule has 0 atom stereocenters. The van der Waals surface area contributed by atoms with Gasteiger partial charge in [-0.05, 0) is 12.1 Å². The third kappa shape index (κ3) is 1.52. The van der Waals surface area contributed by atoms with Gasteiger partial charge in [0.15, 0.2) is 6.29 Å². The molecule has 0 radical (unpaired) electrons. The van der Waals surface area contributed by atoms with Crippen molar-refractivity contribution in [1.29, 1.82) is 0 Å². The molecule has 2 aromatic heterocycles. The number of carbonyl (C=O) groups is 1. The summed E-state index contributed by atoms with van der Waals surface area (Å²) in [6.07, 6.45) is 3.83. The van der Waals surface area contributed by atoms with E-state index in [-0.39, 0.29) is 0 Å². The van der Waals surface area contributed by atoms with Crippen LogP contribution in [0.15, 0.2) is 24.7 Å². The highest BCUT2D eigenvalue weighted by Crippen LogP contribution is 2.20. The summed E-state index contributed by atoms with van der Waals surface area (Å²) in [7, 11) is 0. The van der Waals surface area contributed by atoms with Crippen LogP contribution in [0.1, 0.15) is 10.5 Å². The molecule has 14 heavy (non-hydrogen) atoms. The number of aldehydes is 1. The molecule has 4 nitrogen and oxygen atoms in total. The van der Waals surface area contributed by atoms with Crippen molar-refractivity contribution < 1.29 is 4.79 Å². The molecule has 0 saturated carbocycles. The van der Waals surface area contributed by atoms with E-state index >= 15 is 0 Å². The van der Waals surface area contributed by atoms with E-state index in [4.69, 9.17) is 11.6 Å². The number of aromatic nitrogens is 3. The SMILES string of the molecule is O=Cc1nc(Cl)ccc1-c1cnc[nH]1. The second kappa shape index (κ2) is 3.59. The molecule has 2 rings (SSSR count). The zero-order chi connectivity index (χ0) is 9.97. The van der Waals surface area contributed by atoms with Crippen molar-refractivity contribution in [3.05, 3.63) is 35.5 Å². The number of halogens is 1. The van der Waals surface area contributed by atoms with Gasteiger partial charge in [0.25, 0.3) is 0 Å². The van der Waals surface area contributed by atoms with E-state index in [1.807, 2.05) is 0 Å². The van der Waals surface area contributed by atoms with Crippen LogP contribution in [0.3, 0.4) is 0 Å². The molecule has 0 saturated heterocycles. The first kappa shape index (κ1) is 8.90. The summed E-state index contributed by atoms with van der Waals surface area (Å²) < 4.78 is 0. The molecule has 5 heteroatoms. The van der Waals surface area contributed by atoms with Crippen molar-refractivity contribution >= 4 is 17.9 Å². The fraction of sp³-hybridized carbons (Fsp3) is 0. The van der Waals surface area contributed by atoms with E-state index in [2.05, 4.69) is 15.0 Å². The van der Waals surface area contributed by atoms with E-state index in [0.717, 1.165) is 5.69 Å². The molecular weight excluding hydrogens is 202 g/mol. The molecular formula is C9H6ClN3O. The van der Waals surface area contributed by atoms with Crippen LogP contribution in [0.4, 0.5) is 0 Å². The van der Waals surface area contributed by atoms with Crippen molar-refractivity contribution in [2.75, 3.05) is 0 Å². The molecule has 0 spiro atoms. The summed E-state index contributed by atoms with van der Waals surface area (Å²) in [6, 6.07) is 3.36. The number of imidazole rings is 1. The van der Waals surface area contributed by atoms with Crippen LogP contribution < -0.4 is 0 Å². The minimum atomic E-state index is 0.301. The van der Waals surface area contributed by atoms with Crippen LogP contribution in [-0.2, 0) is 0 Å². The van der Waals surface area contributed by atoms with Crippen molar-refractivity contribution in [3.63, 3.8) is 0 Å². The maximum atomic E-state index is 10.7. The third-order valence-corrected chi connectivity index (χ3v) is 2.00. The summed E-state index contributed by atoms with van der Waals surface area (Å²) in [4.78, 5) is 21.4. The van der Waals surface area contributed by atoms with E-state index < -0.39 is 0 Å². The van der Waals surface area contributed by atoms with Gasteiger partial charge in [-0.25, -0.2) is 9.97 Å². The van der Waals surface area contributed by atoms with Gasteiger partial charge in [-0.15, -0.1) is 0 Å². The number of aromatic amines is 1. The number of nitrogens with zero attached hydrogens (tertiary/aromatic N) is 2. The molecule has 0 aliphatic rings. The largest absolute Gasteiger partial charge is 0.345 e. The zero-order valence-corrected chi connectivity index (χ0v) is 7.82. The Labute approximate surface area is 85.0 Å². The molecule has 0 fully saturated rings. The Morgan fingerprint density at radius 3 is 2.93 bits per heavy atom. The number of rotatable bonds is 2. The van der Waals surface area contributed by atoms with Crippen LogP contribution >= 0.6 is 11.6 Å². The predicted molar refractivity (Wildman–Crippen MR) is 52.2 cm³/mol. The summed E-state index contributed by atoms with van der Waals surface area (Å²) in [6.45, 7) is 0. The van der Waals surface area contributed by atoms with Crippen LogP contribution in [0.5, 0.6) is 0 Å². The van der Waals surface area contributed by atoms with E-state index in [1.54, 1.807) is 24.7 Å². The lowest BCUT2D eigenvalue weighted by Gasteiger charge is -2.00. The maximum Gasteiger partial charge on any atom is 0.169 e. The number of H-pyrrole nitrogens is 1. The highest BCUT2D eigenvalue weighted by atomic mass is 35.5. The Balaban J connectivity index is 2.58. The first-order chi connectivity index (χ1) is 6.81. The minimum absolute atomic E-state index is 0.301. The van der Waals surface area contributed by atoms with Crippen LogP contribution in [0, 0.1) is 0 Å². The number of hydrogen-bond acceptors (Lipinski definition) is 3. The number of pyridine rings is 1. The van der Waals surface area contributed by atoms with Crippen molar-refractivity contribution in [3.8, 4) is 11.3 Å². The van der Waals surface area contributed by atoms with E-state index in [0.29, 0.717) is 22.7 Å². The van der Waals surface area contributed by atoms with Gasteiger partial charge in [-0.3, -0.25) is 4.79 Å². The fourth-order valence-electron chi connectivity index (χ4n) is 1.17. The molecule has 0 aromatic carbocycles. The van der Waals surface area contributed by atoms with Gasteiger partial charge in [-0.1, -0.05) is 11.6 Å². The highest BCUT2D eigenvalue weighted by Gasteiger charge is 2.07. The lowest BCUT2D eigenvalue weighted by Crippen LogP contribution is -1.92. The molecule has 2 aromatic rings. The number of hydrogen-bond donors (Lipinski definition) is 1. The fourth-order valence-corrected chi connectivity index (χ4v) is 1.32. The first-order valence-corrected chi connectivity index (χ1v) is 4.29. The summed E-state index contributed by atoms with van der Waals surface area (Å²) in [5.41, 5.74) is 1.75. The van der Waals surface area contributed by atoms with Crippen molar-refractivity contribution in [2.24, 2.45) is 0 Å². The Hall–Kier alpha value is -1.68. The Kier molecular flexibility index (Phi) is 2.28. The number of carbonyl (C=O) groups excluding carboxylic acids is 1. The van der Waals surface area contributed by atoms with Crippen LogP contribution in [0.2, 0.25) is 5.15 Å². The second-order valence-electron chi connectivity index (χ2n) is 2.65. The van der Waals surface area contributed by atoms with Gasteiger partial charge in [-0.2, -0.15) is 0 Å². The van der Waals surface area contributed by atoms with Crippen LogP contribution in [0.25, 0.3) is 11.3 Å². The van der Waals surface area contributed by atoms with Gasteiger partial charge in [0.1, 0.15) is 10.8 Å². The van der Waals surface area contributed by atoms with Gasteiger partial charge >= 0.3 is 0 Å². The standard InChI is InChI=1S/C9H6ClN3O/c10-9-2-1-6(8(4-14)13-9)7-3-11-5-12-7/h1-5H,(H,11,12). The Bertz CT molecular complexity index is 453. The summed E-state index contributed by atoms with van der Waals surface area (Å²) in [5.74, 6) is 0. The van der Waals surface area contributed by atoms with Crippen LogP contribution in [-0.4, -0.2) is 21.2 Å². The smallest absolute Gasteiger partial charge is 0.169 e. The molecule has 0 unspecified atom stereocenters. The molecule has 1 N–H and O–H groups in total. The average Bonchev–Trinajstić information content (AvgIpc) is 2.70. The van der Waals surface area contributed by atoms with Gasteiger partial charge in [0.05, 0.1) is 18.2 Å². The predicted octanol–water partition coefficient (Wildman–Crippen LogP) is 1.94. The first-order valence-electron chi connectivity index (χ1n) is 3.92. The summed E-state index contributed by atoms with van der Waals surface area (Å²) in [5, 5.41) is 0.301. The minimum Gasteiger partial charge on any atom is -0.345 e. The quantitative estimate of drug-likeness (QED) is 0.605. The highest BCUT2D eigenvalue weighted by molar-refractivity contribution is 6.29. The van der Waals surface area contributed by atoms with Gasteiger partial charge in [0, 0.05) is 5.56 Å². The van der Waals surface area contributed by atoms with Crippen molar-refractivity contribution in [1.82, 2.24) is 15.0 Å². The molecule has 0 amide bonds. The molecule has 0 aliphatic heterocycles. The monoisotopic (exact) mass is 207 g/mol. The molecule has 0 aliphatic carbocycles. The lowest BCUT2D eigenvalue weighted by atomic mass is 10.1. The Morgan fingerprint density at radius 2 is 2.29 bits per heavy atom. The topological polar surface area (TPSA) is 58.6 Å². The van der Waals surface area contributed by atoms with Gasteiger partial charge < -0.3 is 4.98 Å². The molecule has 0 bridgehead atoms. The average molecular weight is 208 g/mol. The molecule has 2 heterocycles. The molecule has 70 valence electrons. The van der Waals surface area contributed by atoms with E-state index in [9.17, 15) is 4.79 Å². The Morgan fingerprint density at radius 1 is 1.43 bits per heavy atom. The number of nitrogens with one attached hydrogen (secondary N) is 1. The van der Waals surface area contributed by atoms with E-state index in [1.165, 1.54) is 0 Å². The lowest BCUT2D eigenvalue weighted by molar-refractivity contribution is 0.111. The maximum absolute atomic E-state index is 10.7.